The monoisotopic (exact) mass is 224 g/mol. The summed E-state index contributed by atoms with van der Waals surface area (Å²) in [6.45, 7) is 3.63. The highest BCUT2D eigenvalue weighted by Crippen LogP contribution is 2.33. The topological polar surface area (TPSA) is 52.9 Å². The van der Waals surface area contributed by atoms with Gasteiger partial charge < -0.3 is 10.1 Å². The van der Waals surface area contributed by atoms with E-state index in [0.29, 0.717) is 11.8 Å². The van der Waals surface area contributed by atoms with E-state index < -0.39 is 0 Å². The van der Waals surface area contributed by atoms with Gasteiger partial charge in [-0.3, -0.25) is 4.79 Å². The Morgan fingerprint density at radius 2 is 2.06 bits per heavy atom. The summed E-state index contributed by atoms with van der Waals surface area (Å²) in [6, 6.07) is 0. The number of hydrogen-bond acceptors (Lipinski definition) is 3. The zero-order valence-electron chi connectivity index (χ0n) is 9.85. The van der Waals surface area contributed by atoms with Gasteiger partial charge in [0.2, 0.25) is 5.91 Å². The molecule has 16 heavy (non-hydrogen) atoms. The molecule has 2 unspecified atom stereocenters. The molecule has 1 saturated heterocycles. The van der Waals surface area contributed by atoms with Crippen LogP contribution < -0.4 is 0 Å². The summed E-state index contributed by atoms with van der Waals surface area (Å²) in [6.07, 6.45) is 4.88. The number of carbonyl (C=O) groups is 1. The summed E-state index contributed by atoms with van der Waals surface area (Å²) in [4.78, 5) is 14.2. The molecule has 2 atom stereocenters. The first kappa shape index (κ1) is 11.4. The first-order chi connectivity index (χ1) is 7.72. The number of amides is 1. The van der Waals surface area contributed by atoms with E-state index in [-0.39, 0.29) is 5.92 Å². The molecule has 0 aromatic heterocycles. The number of hydrogen-bond donors (Lipinski definition) is 1. The fourth-order valence-corrected chi connectivity index (χ4v) is 2.83. The van der Waals surface area contributed by atoms with E-state index in [4.69, 9.17) is 5.21 Å². The molecule has 1 aliphatic carbocycles. The van der Waals surface area contributed by atoms with Gasteiger partial charge in [-0.2, -0.15) is 0 Å². The molecule has 0 radical (unpaired) electrons. The minimum absolute atomic E-state index is 0.243. The number of oxime groups is 1. The summed E-state index contributed by atoms with van der Waals surface area (Å²) in [5.41, 5.74) is 0.823. The van der Waals surface area contributed by atoms with Crippen molar-refractivity contribution in [2.45, 2.75) is 39.0 Å². The lowest BCUT2D eigenvalue weighted by Crippen LogP contribution is -2.42. The van der Waals surface area contributed by atoms with Crippen molar-refractivity contribution >= 4 is 11.6 Å². The highest BCUT2D eigenvalue weighted by atomic mass is 16.4. The van der Waals surface area contributed by atoms with Gasteiger partial charge >= 0.3 is 0 Å². The summed E-state index contributed by atoms with van der Waals surface area (Å²) in [5, 5.41) is 11.9. The smallest absolute Gasteiger partial charge is 0.225 e. The molecule has 1 aliphatic heterocycles. The van der Waals surface area contributed by atoms with Crippen LogP contribution in [-0.2, 0) is 4.79 Å². The molecule has 1 saturated carbocycles. The Hall–Kier alpha value is -1.06. The standard InChI is InChI=1S/C12H20N2O2/c1-9-3-2-4-11(9)12(15)14-7-5-10(13-16)6-8-14/h9,11,16H,2-8H2,1H3. The summed E-state index contributed by atoms with van der Waals surface area (Å²) >= 11 is 0. The number of likely N-dealkylation sites (tertiary alicyclic amines) is 1. The zero-order chi connectivity index (χ0) is 11.5. The molecule has 1 heterocycles. The maximum atomic E-state index is 12.2. The van der Waals surface area contributed by atoms with Crippen LogP contribution in [0, 0.1) is 11.8 Å². The minimum atomic E-state index is 0.243. The number of piperidine rings is 1. The highest BCUT2D eigenvalue weighted by molar-refractivity contribution is 5.87. The molecule has 0 bridgehead atoms. The van der Waals surface area contributed by atoms with Crippen LogP contribution in [0.3, 0.4) is 0 Å². The molecule has 0 aromatic carbocycles. The molecule has 2 rings (SSSR count). The average Bonchev–Trinajstić information content (AvgIpc) is 2.75. The summed E-state index contributed by atoms with van der Waals surface area (Å²) in [5.74, 6) is 1.11. The maximum absolute atomic E-state index is 12.2. The summed E-state index contributed by atoms with van der Waals surface area (Å²) < 4.78 is 0. The highest BCUT2D eigenvalue weighted by Gasteiger charge is 2.33. The van der Waals surface area contributed by atoms with Gasteiger partial charge in [0.25, 0.3) is 0 Å². The van der Waals surface area contributed by atoms with Crippen molar-refractivity contribution in [3.05, 3.63) is 0 Å². The number of carbonyl (C=O) groups excluding carboxylic acids is 1. The van der Waals surface area contributed by atoms with Crippen LogP contribution in [0.4, 0.5) is 0 Å². The van der Waals surface area contributed by atoms with Crippen molar-refractivity contribution in [2.24, 2.45) is 17.0 Å². The van der Waals surface area contributed by atoms with Gasteiger partial charge in [-0.1, -0.05) is 18.5 Å². The molecule has 4 heteroatoms. The molecule has 2 fully saturated rings. The van der Waals surface area contributed by atoms with Gasteiger partial charge in [-0.05, 0) is 18.8 Å². The van der Waals surface area contributed by atoms with E-state index in [2.05, 4.69) is 12.1 Å². The van der Waals surface area contributed by atoms with Crippen molar-refractivity contribution < 1.29 is 10.0 Å². The van der Waals surface area contributed by atoms with Gasteiger partial charge in [-0.15, -0.1) is 0 Å². The maximum Gasteiger partial charge on any atom is 0.225 e. The fourth-order valence-electron chi connectivity index (χ4n) is 2.83. The minimum Gasteiger partial charge on any atom is -0.411 e. The van der Waals surface area contributed by atoms with E-state index in [0.717, 1.165) is 38.1 Å². The third-order valence-electron chi connectivity index (χ3n) is 3.97. The molecule has 90 valence electrons. The van der Waals surface area contributed by atoms with Crippen LogP contribution in [0.2, 0.25) is 0 Å². The van der Waals surface area contributed by atoms with Crippen molar-refractivity contribution in [1.82, 2.24) is 4.90 Å². The zero-order valence-corrected chi connectivity index (χ0v) is 9.85. The van der Waals surface area contributed by atoms with Gasteiger partial charge in [0.1, 0.15) is 0 Å². The largest absolute Gasteiger partial charge is 0.411 e. The van der Waals surface area contributed by atoms with E-state index in [9.17, 15) is 4.79 Å². The normalized spacial score (nSPS) is 30.6. The van der Waals surface area contributed by atoms with Crippen molar-refractivity contribution in [1.29, 1.82) is 0 Å². The van der Waals surface area contributed by atoms with Gasteiger partial charge in [0.05, 0.1) is 5.71 Å². The van der Waals surface area contributed by atoms with Gasteiger partial charge in [-0.25, -0.2) is 0 Å². The van der Waals surface area contributed by atoms with Crippen LogP contribution in [0.15, 0.2) is 5.16 Å². The van der Waals surface area contributed by atoms with Gasteiger partial charge in [0, 0.05) is 31.8 Å². The molecule has 2 aliphatic rings. The van der Waals surface area contributed by atoms with Crippen molar-refractivity contribution in [2.75, 3.05) is 13.1 Å². The van der Waals surface area contributed by atoms with Crippen LogP contribution in [0.5, 0.6) is 0 Å². The molecule has 0 aromatic rings. The second-order valence-corrected chi connectivity index (χ2v) is 5.01. The second kappa shape index (κ2) is 4.85. The fraction of sp³-hybridized carbons (Fsp3) is 0.833. The van der Waals surface area contributed by atoms with E-state index in [1.54, 1.807) is 0 Å². The van der Waals surface area contributed by atoms with E-state index >= 15 is 0 Å². The van der Waals surface area contributed by atoms with Crippen LogP contribution in [-0.4, -0.2) is 34.8 Å². The van der Waals surface area contributed by atoms with Crippen LogP contribution >= 0.6 is 0 Å². The van der Waals surface area contributed by atoms with E-state index in [1.807, 2.05) is 4.90 Å². The first-order valence-electron chi connectivity index (χ1n) is 6.21. The Morgan fingerprint density at radius 1 is 1.38 bits per heavy atom. The Morgan fingerprint density at radius 3 is 2.56 bits per heavy atom. The third kappa shape index (κ3) is 2.20. The first-order valence-corrected chi connectivity index (χ1v) is 6.21. The predicted molar refractivity (Wildman–Crippen MR) is 61.5 cm³/mol. The molecule has 0 spiro atoms. The van der Waals surface area contributed by atoms with E-state index in [1.165, 1.54) is 12.8 Å². The number of rotatable bonds is 1. The predicted octanol–water partition coefficient (Wildman–Crippen LogP) is 1.88. The Kier molecular flexibility index (Phi) is 3.46. The second-order valence-electron chi connectivity index (χ2n) is 5.01. The average molecular weight is 224 g/mol. The summed E-state index contributed by atoms with van der Waals surface area (Å²) in [7, 11) is 0. The lowest BCUT2D eigenvalue weighted by atomic mass is 9.95. The van der Waals surface area contributed by atoms with Gasteiger partial charge in [0.15, 0.2) is 0 Å². The number of nitrogens with zero attached hydrogens (tertiary/aromatic N) is 2. The lowest BCUT2D eigenvalue weighted by molar-refractivity contribution is -0.136. The molecular weight excluding hydrogens is 204 g/mol. The third-order valence-corrected chi connectivity index (χ3v) is 3.97. The molecule has 1 N–H and O–H groups in total. The Labute approximate surface area is 96.3 Å². The van der Waals surface area contributed by atoms with Crippen molar-refractivity contribution in [3.8, 4) is 0 Å². The molecular formula is C12H20N2O2. The quantitative estimate of drug-likeness (QED) is 0.546. The van der Waals surface area contributed by atoms with Crippen molar-refractivity contribution in [3.63, 3.8) is 0 Å². The Balaban J connectivity index is 1.91. The van der Waals surface area contributed by atoms with Crippen LogP contribution in [0.25, 0.3) is 0 Å². The SMILES string of the molecule is CC1CCCC1C(=O)N1CCC(=NO)CC1. The Bertz CT molecular complexity index is 291. The lowest BCUT2D eigenvalue weighted by Gasteiger charge is -2.30. The molecule has 1 amide bonds. The molecule has 4 nitrogen and oxygen atoms in total. The van der Waals surface area contributed by atoms with Crippen LogP contribution in [0.1, 0.15) is 39.0 Å².